The summed E-state index contributed by atoms with van der Waals surface area (Å²) >= 11 is 1.45. The van der Waals surface area contributed by atoms with Crippen molar-refractivity contribution in [3.63, 3.8) is 0 Å². The number of aryl methyl sites for hydroxylation is 1. The first-order chi connectivity index (χ1) is 14.1. The predicted octanol–water partition coefficient (Wildman–Crippen LogP) is 3.41. The molecule has 3 heterocycles. The van der Waals surface area contributed by atoms with Crippen molar-refractivity contribution in [2.75, 3.05) is 34.4 Å². The predicted molar refractivity (Wildman–Crippen MR) is 111 cm³/mol. The van der Waals surface area contributed by atoms with Crippen molar-refractivity contribution >= 4 is 16.3 Å². The molecule has 0 unspecified atom stereocenters. The first-order valence-electron chi connectivity index (χ1n) is 9.67. The lowest BCUT2D eigenvalue weighted by Gasteiger charge is -2.35. The molecular formula is C20H26N4O4S. The van der Waals surface area contributed by atoms with E-state index in [1.54, 1.807) is 21.3 Å². The molecule has 4 rings (SSSR count). The molecule has 156 valence electrons. The van der Waals surface area contributed by atoms with Gasteiger partial charge in [-0.1, -0.05) is 17.8 Å². The first kappa shape index (κ1) is 19.8. The highest BCUT2D eigenvalue weighted by Gasteiger charge is 2.34. The molecule has 1 atom stereocenters. The van der Waals surface area contributed by atoms with E-state index in [2.05, 4.69) is 15.0 Å². The van der Waals surface area contributed by atoms with Crippen LogP contribution in [0.1, 0.15) is 41.6 Å². The average molecular weight is 419 g/mol. The van der Waals surface area contributed by atoms with Crippen molar-refractivity contribution in [3.05, 3.63) is 28.4 Å². The Kier molecular flexibility index (Phi) is 5.51. The summed E-state index contributed by atoms with van der Waals surface area (Å²) in [5.74, 6) is 2.52. The normalized spacial score (nSPS) is 16.1. The summed E-state index contributed by atoms with van der Waals surface area (Å²) in [5.41, 5.74) is 0.920. The van der Waals surface area contributed by atoms with Crippen LogP contribution in [0.5, 0.6) is 23.1 Å². The van der Waals surface area contributed by atoms with Crippen molar-refractivity contribution < 1.29 is 19.3 Å². The maximum absolute atomic E-state index is 11.0. The summed E-state index contributed by atoms with van der Waals surface area (Å²) in [6.45, 7) is 3.70. The molecule has 2 aromatic heterocycles. The fourth-order valence-electron chi connectivity index (χ4n) is 4.05. The first-order valence-corrected chi connectivity index (χ1v) is 10.5. The summed E-state index contributed by atoms with van der Waals surface area (Å²) in [7, 11) is 4.83. The number of aromatic nitrogens is 3. The number of benzene rings is 1. The van der Waals surface area contributed by atoms with Crippen molar-refractivity contribution in [2.45, 2.75) is 32.2 Å². The number of rotatable bonds is 6. The Morgan fingerprint density at radius 2 is 1.76 bits per heavy atom. The Balaban J connectivity index is 1.91. The van der Waals surface area contributed by atoms with Gasteiger partial charge in [0.25, 0.3) is 0 Å². The third-order valence-corrected chi connectivity index (χ3v) is 6.41. The minimum atomic E-state index is -0.195. The number of ether oxygens (including phenoxy) is 3. The average Bonchev–Trinajstić information content (AvgIpc) is 3.25. The van der Waals surface area contributed by atoms with Gasteiger partial charge in [0, 0.05) is 5.56 Å². The van der Waals surface area contributed by atoms with Gasteiger partial charge in [0.1, 0.15) is 5.82 Å². The minimum Gasteiger partial charge on any atom is -0.493 e. The van der Waals surface area contributed by atoms with Gasteiger partial charge in [-0.05, 0) is 45.0 Å². The molecule has 1 aliphatic rings. The lowest BCUT2D eigenvalue weighted by atomic mass is 9.98. The molecule has 1 N–H and O–H groups in total. The fourth-order valence-corrected chi connectivity index (χ4v) is 5.20. The summed E-state index contributed by atoms with van der Waals surface area (Å²) < 4.78 is 18.3. The number of piperidine rings is 1. The zero-order valence-electron chi connectivity index (χ0n) is 17.1. The van der Waals surface area contributed by atoms with Gasteiger partial charge in [-0.3, -0.25) is 4.90 Å². The molecule has 0 aliphatic carbocycles. The highest BCUT2D eigenvalue weighted by molar-refractivity contribution is 7.17. The van der Waals surface area contributed by atoms with Crippen LogP contribution < -0.4 is 14.2 Å². The number of likely N-dealkylation sites (tertiary alicyclic amines) is 1. The number of fused-ring (bicyclic) bond motifs is 1. The van der Waals surface area contributed by atoms with E-state index in [0.717, 1.165) is 36.4 Å². The Morgan fingerprint density at radius 3 is 2.38 bits per heavy atom. The van der Waals surface area contributed by atoms with Crippen LogP contribution in [0.2, 0.25) is 0 Å². The van der Waals surface area contributed by atoms with Crippen molar-refractivity contribution in [3.8, 4) is 23.1 Å². The Labute approximate surface area is 173 Å². The lowest BCUT2D eigenvalue weighted by Crippen LogP contribution is -2.34. The number of thiazole rings is 1. The maximum atomic E-state index is 11.0. The SMILES string of the molecule is COc1ccc([C@@H](c2sc3nc(C)nn3c2O)N2CCCCC2)c(OC)c1OC. The van der Waals surface area contributed by atoms with Gasteiger partial charge in [0.05, 0.1) is 32.2 Å². The molecule has 0 spiro atoms. The van der Waals surface area contributed by atoms with Crippen LogP contribution in [0.3, 0.4) is 0 Å². The van der Waals surface area contributed by atoms with Gasteiger partial charge in [0.15, 0.2) is 11.5 Å². The largest absolute Gasteiger partial charge is 0.493 e. The van der Waals surface area contributed by atoms with Crippen LogP contribution >= 0.6 is 11.3 Å². The quantitative estimate of drug-likeness (QED) is 0.657. The maximum Gasteiger partial charge on any atom is 0.230 e. The van der Waals surface area contributed by atoms with E-state index in [-0.39, 0.29) is 11.9 Å². The monoisotopic (exact) mass is 418 g/mol. The standard InChI is InChI=1S/C20H26N4O4S/c1-12-21-20-24(22-12)19(25)18(29-20)15(23-10-6-5-7-11-23)13-8-9-14(26-2)17(28-4)16(13)27-3/h8-9,15,25H,5-7,10-11H2,1-4H3/t15-/m0/s1. The molecule has 0 amide bonds. The number of aromatic hydroxyl groups is 1. The van der Waals surface area contributed by atoms with Crippen molar-refractivity contribution in [1.29, 1.82) is 0 Å². The number of nitrogens with zero attached hydrogens (tertiary/aromatic N) is 4. The molecule has 1 saturated heterocycles. The Morgan fingerprint density at radius 1 is 1.03 bits per heavy atom. The van der Waals surface area contributed by atoms with Gasteiger partial charge in [-0.25, -0.2) is 4.98 Å². The summed E-state index contributed by atoms with van der Waals surface area (Å²) in [6, 6.07) is 3.67. The zero-order chi connectivity index (χ0) is 20.5. The number of methoxy groups -OCH3 is 3. The van der Waals surface area contributed by atoms with Crippen LogP contribution in [-0.2, 0) is 0 Å². The highest BCUT2D eigenvalue weighted by atomic mass is 32.1. The van der Waals surface area contributed by atoms with Crippen LogP contribution in [0, 0.1) is 6.92 Å². The molecule has 1 fully saturated rings. The minimum absolute atomic E-state index is 0.123. The summed E-state index contributed by atoms with van der Waals surface area (Å²) in [4.78, 5) is 8.29. The topological polar surface area (TPSA) is 81.4 Å². The molecule has 1 aromatic carbocycles. The van der Waals surface area contributed by atoms with Gasteiger partial charge >= 0.3 is 0 Å². The van der Waals surface area contributed by atoms with Gasteiger partial charge in [-0.2, -0.15) is 4.52 Å². The van der Waals surface area contributed by atoms with Gasteiger partial charge in [0.2, 0.25) is 16.6 Å². The molecule has 29 heavy (non-hydrogen) atoms. The second-order valence-electron chi connectivity index (χ2n) is 7.07. The third-order valence-electron chi connectivity index (χ3n) is 5.34. The van der Waals surface area contributed by atoms with E-state index >= 15 is 0 Å². The number of hydrogen-bond donors (Lipinski definition) is 1. The smallest absolute Gasteiger partial charge is 0.230 e. The Bertz CT molecular complexity index is 1010. The third kappa shape index (κ3) is 3.38. The number of hydrogen-bond acceptors (Lipinski definition) is 8. The summed E-state index contributed by atoms with van der Waals surface area (Å²) in [6.07, 6.45) is 3.45. The molecule has 0 saturated carbocycles. The van der Waals surface area contributed by atoms with E-state index < -0.39 is 0 Å². The van der Waals surface area contributed by atoms with Gasteiger partial charge in [-0.15, -0.1) is 5.10 Å². The van der Waals surface area contributed by atoms with E-state index in [1.165, 1.54) is 22.3 Å². The van der Waals surface area contributed by atoms with Crippen molar-refractivity contribution in [2.24, 2.45) is 0 Å². The van der Waals surface area contributed by atoms with E-state index in [1.807, 2.05) is 19.1 Å². The van der Waals surface area contributed by atoms with Crippen LogP contribution in [0.4, 0.5) is 0 Å². The lowest BCUT2D eigenvalue weighted by molar-refractivity contribution is 0.183. The van der Waals surface area contributed by atoms with Crippen molar-refractivity contribution in [1.82, 2.24) is 19.5 Å². The molecule has 1 aliphatic heterocycles. The van der Waals surface area contributed by atoms with Crippen LogP contribution in [0.15, 0.2) is 12.1 Å². The van der Waals surface area contributed by atoms with E-state index in [0.29, 0.717) is 28.0 Å². The molecule has 0 radical (unpaired) electrons. The van der Waals surface area contributed by atoms with Crippen LogP contribution in [0.25, 0.3) is 4.96 Å². The molecule has 8 nitrogen and oxygen atoms in total. The molecular weight excluding hydrogens is 392 g/mol. The van der Waals surface area contributed by atoms with E-state index in [9.17, 15) is 5.11 Å². The second-order valence-corrected chi connectivity index (χ2v) is 8.08. The second kappa shape index (κ2) is 8.08. The fraction of sp³-hybridized carbons (Fsp3) is 0.500. The van der Waals surface area contributed by atoms with E-state index in [4.69, 9.17) is 14.2 Å². The summed E-state index contributed by atoms with van der Waals surface area (Å²) in [5, 5.41) is 15.3. The Hall–Kier alpha value is -2.52. The molecule has 9 heteroatoms. The highest BCUT2D eigenvalue weighted by Crippen LogP contribution is 2.48. The molecule has 3 aromatic rings. The molecule has 0 bridgehead atoms. The van der Waals surface area contributed by atoms with Gasteiger partial charge < -0.3 is 19.3 Å². The zero-order valence-corrected chi connectivity index (χ0v) is 18.0. The van der Waals surface area contributed by atoms with Crippen LogP contribution in [-0.4, -0.2) is 59.0 Å².